The number of halogens is 5. The van der Waals surface area contributed by atoms with E-state index < -0.39 is 17.6 Å². The molecular formula is C14H20Cl2F3N3O. The highest BCUT2D eigenvalue weighted by atomic mass is 35.5. The van der Waals surface area contributed by atoms with Crippen molar-refractivity contribution in [3.05, 3.63) is 29.6 Å². The first-order chi connectivity index (χ1) is 9.79. The summed E-state index contributed by atoms with van der Waals surface area (Å²) in [5.74, 6) is -0.143. The summed E-state index contributed by atoms with van der Waals surface area (Å²) in [4.78, 5) is 15.7. The van der Waals surface area contributed by atoms with Crippen LogP contribution in [0.5, 0.6) is 0 Å². The fourth-order valence-electron chi connectivity index (χ4n) is 2.53. The zero-order valence-electron chi connectivity index (χ0n) is 12.7. The van der Waals surface area contributed by atoms with Crippen LogP contribution in [0.2, 0.25) is 0 Å². The fraction of sp³-hybridized carbons (Fsp3) is 0.571. The Labute approximate surface area is 145 Å². The lowest BCUT2D eigenvalue weighted by Crippen LogP contribution is -2.56. The summed E-state index contributed by atoms with van der Waals surface area (Å²) in [5, 5.41) is 6.11. The van der Waals surface area contributed by atoms with Crippen LogP contribution in [0.15, 0.2) is 18.3 Å². The van der Waals surface area contributed by atoms with E-state index in [0.717, 1.165) is 25.1 Å². The molecule has 9 heteroatoms. The molecule has 1 aliphatic rings. The van der Waals surface area contributed by atoms with Crippen molar-refractivity contribution in [1.82, 2.24) is 15.6 Å². The molecule has 3 unspecified atom stereocenters. The van der Waals surface area contributed by atoms with Gasteiger partial charge in [-0.1, -0.05) is 6.92 Å². The van der Waals surface area contributed by atoms with Gasteiger partial charge in [-0.3, -0.25) is 9.78 Å². The monoisotopic (exact) mass is 373 g/mol. The van der Waals surface area contributed by atoms with Crippen LogP contribution >= 0.6 is 24.8 Å². The number of nitrogens with zero attached hydrogens (tertiary/aromatic N) is 1. The minimum absolute atomic E-state index is 0. The average molecular weight is 374 g/mol. The SMILES string of the molecule is CC1CCNC(C)C1NC(=O)c1ccc(C(F)(F)F)cn1.Cl.Cl. The molecule has 1 fully saturated rings. The first kappa shape index (κ1) is 21.9. The number of aromatic nitrogens is 1. The number of rotatable bonds is 2. The van der Waals surface area contributed by atoms with Crippen molar-refractivity contribution in [3.8, 4) is 0 Å². The molecule has 23 heavy (non-hydrogen) atoms. The zero-order valence-corrected chi connectivity index (χ0v) is 14.3. The van der Waals surface area contributed by atoms with Crippen molar-refractivity contribution in [3.63, 3.8) is 0 Å². The molecule has 1 saturated heterocycles. The Balaban J connectivity index is 0.00000242. The number of hydrogen-bond acceptors (Lipinski definition) is 3. The predicted molar refractivity (Wildman–Crippen MR) is 86.2 cm³/mol. The molecule has 3 atom stereocenters. The molecule has 1 amide bonds. The average Bonchev–Trinajstić information content (AvgIpc) is 2.42. The molecule has 0 aromatic carbocycles. The number of piperidine rings is 1. The molecule has 2 rings (SSSR count). The van der Waals surface area contributed by atoms with E-state index in [1.54, 1.807) is 0 Å². The second-order valence-corrected chi connectivity index (χ2v) is 5.44. The molecule has 1 aliphatic heterocycles. The maximum Gasteiger partial charge on any atom is 0.417 e. The van der Waals surface area contributed by atoms with Crippen molar-refractivity contribution in [1.29, 1.82) is 0 Å². The van der Waals surface area contributed by atoms with E-state index >= 15 is 0 Å². The van der Waals surface area contributed by atoms with Crippen molar-refractivity contribution in [2.24, 2.45) is 5.92 Å². The van der Waals surface area contributed by atoms with Crippen LogP contribution in [0.1, 0.15) is 36.3 Å². The number of nitrogens with one attached hydrogen (secondary N) is 2. The van der Waals surface area contributed by atoms with Gasteiger partial charge in [-0.2, -0.15) is 13.2 Å². The lowest BCUT2D eigenvalue weighted by molar-refractivity contribution is -0.137. The second-order valence-electron chi connectivity index (χ2n) is 5.44. The van der Waals surface area contributed by atoms with E-state index in [4.69, 9.17) is 0 Å². The third-order valence-corrected chi connectivity index (χ3v) is 3.84. The molecule has 1 aromatic heterocycles. The Morgan fingerprint density at radius 3 is 2.43 bits per heavy atom. The number of alkyl halides is 3. The molecule has 0 aliphatic carbocycles. The molecule has 0 spiro atoms. The summed E-state index contributed by atoms with van der Waals surface area (Å²) in [5.41, 5.74) is -0.868. The zero-order chi connectivity index (χ0) is 15.6. The summed E-state index contributed by atoms with van der Waals surface area (Å²) < 4.78 is 37.3. The number of pyridine rings is 1. The van der Waals surface area contributed by atoms with Crippen molar-refractivity contribution < 1.29 is 18.0 Å². The maximum atomic E-state index is 12.4. The minimum Gasteiger partial charge on any atom is -0.346 e. The van der Waals surface area contributed by atoms with Crippen LogP contribution < -0.4 is 10.6 Å². The third kappa shape index (κ3) is 5.51. The normalized spacial score (nSPS) is 24.1. The number of amides is 1. The smallest absolute Gasteiger partial charge is 0.346 e. The topological polar surface area (TPSA) is 54.0 Å². The third-order valence-electron chi connectivity index (χ3n) is 3.84. The Kier molecular flexibility index (Phi) is 8.31. The molecule has 0 bridgehead atoms. The highest BCUT2D eigenvalue weighted by molar-refractivity contribution is 5.92. The Bertz CT molecular complexity index is 501. The summed E-state index contributed by atoms with van der Waals surface area (Å²) in [7, 11) is 0. The minimum atomic E-state index is -4.45. The Morgan fingerprint density at radius 1 is 1.30 bits per heavy atom. The van der Waals surface area contributed by atoms with Gasteiger partial charge in [0.15, 0.2) is 0 Å². The van der Waals surface area contributed by atoms with E-state index in [0.29, 0.717) is 12.1 Å². The lowest BCUT2D eigenvalue weighted by atomic mass is 9.89. The van der Waals surface area contributed by atoms with Gasteiger partial charge in [0.25, 0.3) is 5.91 Å². The van der Waals surface area contributed by atoms with E-state index in [2.05, 4.69) is 15.6 Å². The van der Waals surface area contributed by atoms with Gasteiger partial charge in [0.2, 0.25) is 0 Å². The van der Waals surface area contributed by atoms with Gasteiger partial charge < -0.3 is 10.6 Å². The van der Waals surface area contributed by atoms with Gasteiger partial charge in [-0.15, -0.1) is 24.8 Å². The van der Waals surface area contributed by atoms with Crippen molar-refractivity contribution in [2.75, 3.05) is 6.54 Å². The van der Waals surface area contributed by atoms with E-state index in [1.165, 1.54) is 0 Å². The highest BCUT2D eigenvalue weighted by Gasteiger charge is 2.32. The summed E-state index contributed by atoms with van der Waals surface area (Å²) in [6.45, 7) is 4.91. The van der Waals surface area contributed by atoms with Crippen molar-refractivity contribution >= 4 is 30.7 Å². The number of hydrogen-bond donors (Lipinski definition) is 2. The maximum absolute atomic E-state index is 12.4. The molecule has 132 valence electrons. The molecule has 0 saturated carbocycles. The first-order valence-electron chi connectivity index (χ1n) is 6.86. The molecule has 1 aromatic rings. The second kappa shape index (κ2) is 8.70. The van der Waals surface area contributed by atoms with Gasteiger partial charge in [0.05, 0.1) is 5.56 Å². The van der Waals surface area contributed by atoms with E-state index in [-0.39, 0.29) is 42.6 Å². The van der Waals surface area contributed by atoms with Gasteiger partial charge in [-0.25, -0.2) is 0 Å². The van der Waals surface area contributed by atoms with Crippen LogP contribution in [0, 0.1) is 5.92 Å². The van der Waals surface area contributed by atoms with E-state index in [9.17, 15) is 18.0 Å². The molecular weight excluding hydrogens is 354 g/mol. The van der Waals surface area contributed by atoms with Gasteiger partial charge in [0, 0.05) is 18.3 Å². The highest BCUT2D eigenvalue weighted by Crippen LogP contribution is 2.28. The summed E-state index contributed by atoms with van der Waals surface area (Å²) >= 11 is 0. The first-order valence-corrected chi connectivity index (χ1v) is 6.86. The number of carbonyl (C=O) groups excluding carboxylic acids is 1. The number of carbonyl (C=O) groups is 1. The standard InChI is InChI=1S/C14H18F3N3O.2ClH/c1-8-5-6-18-9(2)12(8)20-13(21)11-4-3-10(7-19-11)14(15,16)17;;/h3-4,7-9,12,18H,5-6H2,1-2H3,(H,20,21);2*1H. The van der Waals surface area contributed by atoms with Crippen LogP contribution in [0.3, 0.4) is 0 Å². The fourth-order valence-corrected chi connectivity index (χ4v) is 2.53. The van der Waals surface area contributed by atoms with Crippen molar-refractivity contribution in [2.45, 2.75) is 38.5 Å². The summed E-state index contributed by atoms with van der Waals surface area (Å²) in [6.07, 6.45) is -2.82. The van der Waals surface area contributed by atoms with Crippen LogP contribution in [-0.2, 0) is 6.18 Å². The summed E-state index contributed by atoms with van der Waals surface area (Å²) in [6, 6.07) is 2.03. The lowest BCUT2D eigenvalue weighted by Gasteiger charge is -2.35. The largest absolute Gasteiger partial charge is 0.417 e. The van der Waals surface area contributed by atoms with Gasteiger partial charge >= 0.3 is 6.18 Å². The van der Waals surface area contributed by atoms with Gasteiger partial charge in [0.1, 0.15) is 5.69 Å². The van der Waals surface area contributed by atoms with Gasteiger partial charge in [-0.05, 0) is 37.9 Å². The quantitative estimate of drug-likeness (QED) is 0.837. The molecule has 4 nitrogen and oxygen atoms in total. The Hall–Kier alpha value is -1.05. The molecule has 0 radical (unpaired) electrons. The molecule has 2 N–H and O–H groups in total. The van der Waals surface area contributed by atoms with Crippen LogP contribution in [0.4, 0.5) is 13.2 Å². The van der Waals surface area contributed by atoms with Crippen LogP contribution in [0.25, 0.3) is 0 Å². The predicted octanol–water partition coefficient (Wildman–Crippen LogP) is 3.06. The van der Waals surface area contributed by atoms with E-state index in [1.807, 2.05) is 13.8 Å². The Morgan fingerprint density at radius 2 is 1.96 bits per heavy atom. The molecule has 2 heterocycles. The van der Waals surface area contributed by atoms with Crippen LogP contribution in [-0.4, -0.2) is 29.5 Å².